The van der Waals surface area contributed by atoms with Crippen LogP contribution in [0, 0.1) is 26.4 Å². The number of para-hydroxylation sites is 1. The predicted molar refractivity (Wildman–Crippen MR) is 119 cm³/mol. The molecule has 32 heavy (non-hydrogen) atoms. The molecule has 2 aliphatic rings. The van der Waals surface area contributed by atoms with E-state index in [0.29, 0.717) is 18.6 Å². The van der Waals surface area contributed by atoms with Gasteiger partial charge < -0.3 is 10.2 Å². The van der Waals surface area contributed by atoms with Crippen LogP contribution in [0.2, 0.25) is 0 Å². The molecule has 8 heteroatoms. The highest BCUT2D eigenvalue weighted by molar-refractivity contribution is 6.06. The number of anilines is 1. The lowest BCUT2D eigenvalue weighted by atomic mass is 9.64. The second kappa shape index (κ2) is 7.55. The van der Waals surface area contributed by atoms with Crippen molar-refractivity contribution >= 4 is 29.0 Å². The van der Waals surface area contributed by atoms with Gasteiger partial charge in [-0.05, 0) is 36.5 Å². The summed E-state index contributed by atoms with van der Waals surface area (Å²) in [5, 5.41) is 18.2. The minimum atomic E-state index is -0.770. The summed E-state index contributed by atoms with van der Waals surface area (Å²) in [5.74, 6) is -0.833. The number of hydrogen-bond acceptors (Lipinski definition) is 6. The van der Waals surface area contributed by atoms with Gasteiger partial charge in [0, 0.05) is 29.7 Å². The fourth-order valence-electron chi connectivity index (χ4n) is 5.19. The number of nitro benzene ring substituents is 1. The standard InChI is InChI=1S/C24H25N3O5/c1-22(2)23(3)12-13-24(22,21(29)25-17-9-5-4-6-10-17)15-19(23)26-32-20(28)16-8-7-11-18(14-16)27(30)31/h4-11,14H,12-13,15H2,1-3H3,(H,25,29). The summed E-state index contributed by atoms with van der Waals surface area (Å²) < 4.78 is 0. The van der Waals surface area contributed by atoms with Crippen molar-refractivity contribution in [3.8, 4) is 0 Å². The molecule has 4 rings (SSSR count). The molecule has 2 saturated carbocycles. The van der Waals surface area contributed by atoms with E-state index in [9.17, 15) is 19.7 Å². The third-order valence-corrected chi connectivity index (χ3v) is 7.73. The number of carbonyl (C=O) groups excluding carboxylic acids is 2. The van der Waals surface area contributed by atoms with Gasteiger partial charge in [-0.15, -0.1) is 0 Å². The molecular formula is C24H25N3O5. The number of fused-ring (bicyclic) bond motifs is 2. The van der Waals surface area contributed by atoms with Gasteiger partial charge >= 0.3 is 5.97 Å². The lowest BCUT2D eigenvalue weighted by molar-refractivity contribution is -0.384. The number of benzene rings is 2. The molecule has 2 atom stereocenters. The van der Waals surface area contributed by atoms with E-state index in [1.165, 1.54) is 18.2 Å². The highest BCUT2D eigenvalue weighted by Gasteiger charge is 2.71. The van der Waals surface area contributed by atoms with E-state index in [0.717, 1.165) is 18.2 Å². The van der Waals surface area contributed by atoms with Crippen LogP contribution in [0.15, 0.2) is 59.8 Å². The molecule has 2 aromatic rings. The smallest absolute Gasteiger partial charge is 0.326 e. The Morgan fingerprint density at radius 2 is 1.78 bits per heavy atom. The zero-order valence-corrected chi connectivity index (χ0v) is 18.3. The Morgan fingerprint density at radius 3 is 2.47 bits per heavy atom. The molecule has 2 aliphatic carbocycles. The molecule has 0 aromatic heterocycles. The Bertz CT molecular complexity index is 1130. The summed E-state index contributed by atoms with van der Waals surface area (Å²) >= 11 is 0. The first kappa shape index (κ1) is 21.7. The van der Waals surface area contributed by atoms with Crippen molar-refractivity contribution in [2.75, 3.05) is 5.32 Å². The van der Waals surface area contributed by atoms with E-state index in [4.69, 9.17) is 4.84 Å². The summed E-state index contributed by atoms with van der Waals surface area (Å²) in [6.45, 7) is 6.18. The van der Waals surface area contributed by atoms with Crippen molar-refractivity contribution in [2.24, 2.45) is 21.4 Å². The van der Waals surface area contributed by atoms with Crippen molar-refractivity contribution in [3.63, 3.8) is 0 Å². The van der Waals surface area contributed by atoms with Gasteiger partial charge in [-0.2, -0.15) is 0 Å². The van der Waals surface area contributed by atoms with Crippen molar-refractivity contribution in [1.29, 1.82) is 0 Å². The third-order valence-electron chi connectivity index (χ3n) is 7.73. The van der Waals surface area contributed by atoms with Crippen molar-refractivity contribution in [1.82, 2.24) is 0 Å². The van der Waals surface area contributed by atoms with E-state index in [-0.39, 0.29) is 17.2 Å². The van der Waals surface area contributed by atoms with Crippen LogP contribution in [0.5, 0.6) is 0 Å². The summed E-state index contributed by atoms with van der Waals surface area (Å²) in [4.78, 5) is 41.5. The first-order valence-electron chi connectivity index (χ1n) is 10.5. The summed E-state index contributed by atoms with van der Waals surface area (Å²) in [5.41, 5.74) is -0.243. The minimum Gasteiger partial charge on any atom is -0.326 e. The number of nitrogens with one attached hydrogen (secondary N) is 1. The third kappa shape index (κ3) is 3.18. The zero-order chi connectivity index (χ0) is 23.1. The van der Waals surface area contributed by atoms with Gasteiger partial charge in [0.1, 0.15) is 0 Å². The van der Waals surface area contributed by atoms with Crippen LogP contribution in [0.25, 0.3) is 0 Å². The van der Waals surface area contributed by atoms with E-state index >= 15 is 0 Å². The lowest BCUT2D eigenvalue weighted by Gasteiger charge is -2.39. The second-order valence-corrected chi connectivity index (χ2v) is 9.26. The number of carbonyl (C=O) groups is 2. The Labute approximate surface area is 185 Å². The quantitative estimate of drug-likeness (QED) is 0.405. The maximum atomic E-state index is 13.4. The maximum Gasteiger partial charge on any atom is 0.365 e. The molecule has 166 valence electrons. The van der Waals surface area contributed by atoms with Gasteiger partial charge in [0.15, 0.2) is 0 Å². The van der Waals surface area contributed by atoms with Crippen LogP contribution < -0.4 is 5.32 Å². The second-order valence-electron chi connectivity index (χ2n) is 9.26. The highest BCUT2D eigenvalue weighted by atomic mass is 16.7. The average molecular weight is 435 g/mol. The van der Waals surface area contributed by atoms with Crippen molar-refractivity contribution < 1.29 is 19.3 Å². The molecule has 1 amide bonds. The molecule has 0 heterocycles. The first-order valence-corrected chi connectivity index (χ1v) is 10.5. The van der Waals surface area contributed by atoms with Crippen LogP contribution in [0.1, 0.15) is 50.4 Å². The number of nitro groups is 1. The monoisotopic (exact) mass is 435 g/mol. The Balaban J connectivity index is 1.58. The van der Waals surface area contributed by atoms with Gasteiger partial charge in [-0.1, -0.05) is 50.2 Å². The highest BCUT2D eigenvalue weighted by Crippen LogP contribution is 2.71. The zero-order valence-electron chi connectivity index (χ0n) is 18.3. The molecule has 2 unspecified atom stereocenters. The lowest BCUT2D eigenvalue weighted by Crippen LogP contribution is -2.43. The van der Waals surface area contributed by atoms with E-state index in [1.54, 1.807) is 0 Å². The Morgan fingerprint density at radius 1 is 1.06 bits per heavy atom. The molecule has 8 nitrogen and oxygen atoms in total. The fourth-order valence-corrected chi connectivity index (χ4v) is 5.19. The molecule has 0 spiro atoms. The maximum absolute atomic E-state index is 13.4. The first-order chi connectivity index (χ1) is 15.1. The van der Waals surface area contributed by atoms with Gasteiger partial charge in [0.25, 0.3) is 5.69 Å². The van der Waals surface area contributed by atoms with Crippen LogP contribution in [-0.2, 0) is 9.63 Å². The topological polar surface area (TPSA) is 111 Å². The molecule has 0 saturated heterocycles. The number of non-ortho nitro benzene ring substituents is 1. The normalized spacial score (nSPS) is 26.7. The van der Waals surface area contributed by atoms with Crippen LogP contribution in [0.3, 0.4) is 0 Å². The predicted octanol–water partition coefficient (Wildman–Crippen LogP) is 4.96. The van der Waals surface area contributed by atoms with E-state index in [1.807, 2.05) is 30.3 Å². The summed E-state index contributed by atoms with van der Waals surface area (Å²) in [6, 6.07) is 14.6. The average Bonchev–Trinajstić information content (AvgIpc) is 3.09. The summed E-state index contributed by atoms with van der Waals surface area (Å²) in [6.07, 6.45) is 1.85. The molecule has 2 fully saturated rings. The number of rotatable bonds is 5. The van der Waals surface area contributed by atoms with Gasteiger partial charge in [-0.25, -0.2) is 4.79 Å². The van der Waals surface area contributed by atoms with Crippen LogP contribution in [0.4, 0.5) is 11.4 Å². The van der Waals surface area contributed by atoms with Crippen molar-refractivity contribution in [2.45, 2.75) is 40.0 Å². The molecule has 2 bridgehead atoms. The molecule has 0 aliphatic heterocycles. The molecule has 0 radical (unpaired) electrons. The van der Waals surface area contributed by atoms with Crippen LogP contribution in [-0.4, -0.2) is 22.5 Å². The fraction of sp³-hybridized carbons (Fsp3) is 0.375. The number of hydrogen-bond donors (Lipinski definition) is 1. The number of amides is 1. The molecular weight excluding hydrogens is 410 g/mol. The molecule has 1 N–H and O–H groups in total. The number of nitrogens with zero attached hydrogens (tertiary/aromatic N) is 2. The minimum absolute atomic E-state index is 0.0488. The van der Waals surface area contributed by atoms with E-state index < -0.39 is 27.1 Å². The summed E-state index contributed by atoms with van der Waals surface area (Å²) in [7, 11) is 0. The van der Waals surface area contributed by atoms with E-state index in [2.05, 4.69) is 31.2 Å². The van der Waals surface area contributed by atoms with Gasteiger partial charge in [0.2, 0.25) is 5.91 Å². The molecule has 2 aromatic carbocycles. The van der Waals surface area contributed by atoms with Gasteiger partial charge in [-0.3, -0.25) is 14.9 Å². The SMILES string of the molecule is CC12CCC(C(=O)Nc3ccccc3)(CC1=NOC(=O)c1cccc([N+](=O)[O-])c1)C2(C)C. The Hall–Kier alpha value is -3.55. The largest absolute Gasteiger partial charge is 0.365 e. The number of oxime groups is 1. The van der Waals surface area contributed by atoms with Crippen LogP contribution >= 0.6 is 0 Å². The van der Waals surface area contributed by atoms with Gasteiger partial charge in [0.05, 0.1) is 21.6 Å². The Kier molecular flexibility index (Phi) is 5.11. The van der Waals surface area contributed by atoms with Crippen molar-refractivity contribution in [3.05, 3.63) is 70.3 Å².